The Labute approximate surface area is 118 Å². The number of Topliss-reactive ketones (excluding diaryl/α,β-unsaturated/α-hetero) is 1. The maximum Gasteiger partial charge on any atom is 0.223 e. The first-order valence-corrected chi connectivity index (χ1v) is 7.19. The molecule has 2 amide bonds. The first kappa shape index (κ1) is 16.0. The van der Waals surface area contributed by atoms with E-state index in [1.807, 2.05) is 0 Å². The van der Waals surface area contributed by atoms with Crippen LogP contribution in [0.5, 0.6) is 0 Å². The van der Waals surface area contributed by atoms with Crippen LogP contribution in [-0.2, 0) is 14.4 Å². The van der Waals surface area contributed by atoms with Gasteiger partial charge in [0.1, 0.15) is 5.78 Å². The molecule has 0 aliphatic carbocycles. The number of piperidine rings is 1. The minimum absolute atomic E-state index is 0.0285. The van der Waals surface area contributed by atoms with Gasteiger partial charge in [0.05, 0.1) is 0 Å². The van der Waals surface area contributed by atoms with Crippen LogP contribution < -0.4 is 5.32 Å². The highest BCUT2D eigenvalue weighted by atomic mass is 35.5. The highest BCUT2D eigenvalue weighted by molar-refractivity contribution is 6.18. The van der Waals surface area contributed by atoms with Crippen LogP contribution in [0.3, 0.4) is 0 Å². The SMILES string of the molecule is CC(=O)CCC(=O)N1CCC(NC(=O)CCCl)CC1. The normalized spacial score (nSPS) is 16.2. The van der Waals surface area contributed by atoms with Gasteiger partial charge in [0.2, 0.25) is 11.8 Å². The van der Waals surface area contributed by atoms with Crippen LogP contribution >= 0.6 is 11.6 Å². The Balaban J connectivity index is 2.26. The van der Waals surface area contributed by atoms with Crippen LogP contribution in [0.15, 0.2) is 0 Å². The van der Waals surface area contributed by atoms with Crippen molar-refractivity contribution in [2.75, 3.05) is 19.0 Å². The molecule has 1 heterocycles. The first-order chi connectivity index (χ1) is 9.02. The van der Waals surface area contributed by atoms with E-state index in [0.717, 1.165) is 12.8 Å². The van der Waals surface area contributed by atoms with Gasteiger partial charge in [0.15, 0.2) is 0 Å². The lowest BCUT2D eigenvalue weighted by atomic mass is 10.0. The van der Waals surface area contributed by atoms with Gasteiger partial charge in [0, 0.05) is 44.3 Å². The lowest BCUT2D eigenvalue weighted by molar-refractivity contribution is -0.134. The topological polar surface area (TPSA) is 66.5 Å². The number of halogens is 1. The van der Waals surface area contributed by atoms with Gasteiger partial charge in [-0.25, -0.2) is 0 Å². The number of likely N-dealkylation sites (tertiary alicyclic amines) is 1. The third-order valence-electron chi connectivity index (χ3n) is 3.23. The van der Waals surface area contributed by atoms with Gasteiger partial charge in [-0.2, -0.15) is 0 Å². The summed E-state index contributed by atoms with van der Waals surface area (Å²) < 4.78 is 0. The average molecular weight is 289 g/mol. The van der Waals surface area contributed by atoms with Crippen LogP contribution in [0.1, 0.15) is 39.0 Å². The number of carbonyl (C=O) groups excluding carboxylic acids is 3. The van der Waals surface area contributed by atoms with Gasteiger partial charge in [-0.15, -0.1) is 11.6 Å². The average Bonchev–Trinajstić information content (AvgIpc) is 2.37. The van der Waals surface area contributed by atoms with Crippen LogP contribution in [0.4, 0.5) is 0 Å². The summed E-state index contributed by atoms with van der Waals surface area (Å²) in [6, 6.07) is 0.132. The van der Waals surface area contributed by atoms with Gasteiger partial charge in [-0.1, -0.05) is 0 Å². The van der Waals surface area contributed by atoms with E-state index in [4.69, 9.17) is 11.6 Å². The molecule has 6 heteroatoms. The fraction of sp³-hybridized carbons (Fsp3) is 0.769. The molecule has 0 atom stereocenters. The molecule has 0 aromatic heterocycles. The molecule has 1 rings (SSSR count). The molecule has 1 fully saturated rings. The van der Waals surface area contributed by atoms with Crippen molar-refractivity contribution in [1.82, 2.24) is 10.2 Å². The Kier molecular flexibility index (Phi) is 6.84. The fourth-order valence-corrected chi connectivity index (χ4v) is 2.27. The number of hydrogen-bond acceptors (Lipinski definition) is 3. The van der Waals surface area contributed by atoms with Crippen LogP contribution in [0, 0.1) is 0 Å². The number of hydrogen-bond donors (Lipinski definition) is 1. The molecule has 0 saturated carbocycles. The minimum atomic E-state index is -0.0312. The second-order valence-electron chi connectivity index (χ2n) is 4.86. The van der Waals surface area contributed by atoms with Crippen molar-refractivity contribution < 1.29 is 14.4 Å². The van der Waals surface area contributed by atoms with Crippen molar-refractivity contribution in [2.24, 2.45) is 0 Å². The molecule has 1 aliphatic heterocycles. The number of amides is 2. The molecule has 0 unspecified atom stereocenters. The zero-order valence-electron chi connectivity index (χ0n) is 11.3. The largest absolute Gasteiger partial charge is 0.353 e. The van der Waals surface area contributed by atoms with Crippen molar-refractivity contribution >= 4 is 29.2 Å². The summed E-state index contributed by atoms with van der Waals surface area (Å²) in [5, 5.41) is 2.91. The van der Waals surface area contributed by atoms with E-state index in [9.17, 15) is 14.4 Å². The van der Waals surface area contributed by atoms with Gasteiger partial charge in [-0.3, -0.25) is 9.59 Å². The van der Waals surface area contributed by atoms with Gasteiger partial charge < -0.3 is 15.0 Å². The number of ketones is 1. The summed E-state index contributed by atoms with van der Waals surface area (Å²) in [5.74, 6) is 0.363. The zero-order valence-corrected chi connectivity index (χ0v) is 12.0. The molecule has 5 nitrogen and oxygen atoms in total. The molecule has 108 valence electrons. The predicted molar refractivity (Wildman–Crippen MR) is 73.0 cm³/mol. The predicted octanol–water partition coefficient (Wildman–Crippen LogP) is 1.09. The standard InChI is InChI=1S/C13H21ClN2O3/c1-10(17)2-3-13(19)16-8-5-11(6-9-16)15-12(18)4-7-14/h11H,2-9H2,1H3,(H,15,18). The fourth-order valence-electron chi connectivity index (χ4n) is 2.10. The summed E-state index contributed by atoms with van der Waals surface area (Å²) >= 11 is 5.50. The second kappa shape index (κ2) is 8.15. The van der Waals surface area contributed by atoms with Crippen LogP contribution in [-0.4, -0.2) is 47.5 Å². The summed E-state index contributed by atoms with van der Waals surface area (Å²) in [5.41, 5.74) is 0. The van der Waals surface area contributed by atoms with Crippen molar-refractivity contribution in [2.45, 2.75) is 45.1 Å². The van der Waals surface area contributed by atoms with E-state index < -0.39 is 0 Å². The Hall–Kier alpha value is -1.10. The molecule has 0 aromatic rings. The second-order valence-corrected chi connectivity index (χ2v) is 5.24. The number of carbonyl (C=O) groups is 3. The Morgan fingerprint density at radius 1 is 1.16 bits per heavy atom. The van der Waals surface area contributed by atoms with Crippen molar-refractivity contribution in [1.29, 1.82) is 0 Å². The smallest absolute Gasteiger partial charge is 0.223 e. The Morgan fingerprint density at radius 3 is 2.32 bits per heavy atom. The van der Waals surface area contributed by atoms with Gasteiger partial charge in [-0.05, 0) is 19.8 Å². The summed E-state index contributed by atoms with van der Waals surface area (Å²) in [6.45, 7) is 2.77. The quantitative estimate of drug-likeness (QED) is 0.744. The van der Waals surface area contributed by atoms with Crippen molar-refractivity contribution in [3.8, 4) is 0 Å². The molecule has 0 bridgehead atoms. The number of rotatable bonds is 6. The van der Waals surface area contributed by atoms with Gasteiger partial charge in [0.25, 0.3) is 0 Å². The van der Waals surface area contributed by atoms with E-state index in [2.05, 4.69) is 5.32 Å². The third kappa shape index (κ3) is 6.05. The lowest BCUT2D eigenvalue weighted by Gasteiger charge is -2.32. The Bertz CT molecular complexity index is 339. The van der Waals surface area contributed by atoms with Crippen molar-refractivity contribution in [3.05, 3.63) is 0 Å². The molecule has 1 saturated heterocycles. The minimum Gasteiger partial charge on any atom is -0.353 e. The lowest BCUT2D eigenvalue weighted by Crippen LogP contribution is -2.46. The van der Waals surface area contributed by atoms with Crippen LogP contribution in [0.2, 0.25) is 0 Å². The maximum absolute atomic E-state index is 11.8. The van der Waals surface area contributed by atoms with E-state index >= 15 is 0 Å². The van der Waals surface area contributed by atoms with Crippen LogP contribution in [0.25, 0.3) is 0 Å². The summed E-state index contributed by atoms with van der Waals surface area (Å²) in [4.78, 5) is 35.8. The highest BCUT2D eigenvalue weighted by Gasteiger charge is 2.23. The van der Waals surface area contributed by atoms with E-state index in [1.54, 1.807) is 4.90 Å². The molecular weight excluding hydrogens is 268 g/mol. The van der Waals surface area contributed by atoms with Crippen molar-refractivity contribution in [3.63, 3.8) is 0 Å². The van der Waals surface area contributed by atoms with E-state index in [0.29, 0.717) is 38.2 Å². The molecular formula is C13H21ClN2O3. The number of nitrogens with one attached hydrogen (secondary N) is 1. The van der Waals surface area contributed by atoms with E-state index in [1.165, 1.54) is 6.92 Å². The van der Waals surface area contributed by atoms with Gasteiger partial charge >= 0.3 is 0 Å². The number of nitrogens with zero attached hydrogens (tertiary/aromatic N) is 1. The first-order valence-electron chi connectivity index (χ1n) is 6.65. The monoisotopic (exact) mass is 288 g/mol. The molecule has 0 aromatic carbocycles. The highest BCUT2D eigenvalue weighted by Crippen LogP contribution is 2.12. The Morgan fingerprint density at radius 2 is 1.79 bits per heavy atom. The molecule has 0 radical (unpaired) electrons. The van der Waals surface area contributed by atoms with E-state index in [-0.39, 0.29) is 23.6 Å². The molecule has 1 N–H and O–H groups in total. The summed E-state index contributed by atoms with van der Waals surface area (Å²) in [7, 11) is 0. The number of alkyl halides is 1. The molecule has 0 spiro atoms. The summed E-state index contributed by atoms with van der Waals surface area (Å²) in [6.07, 6.45) is 2.46. The molecule has 19 heavy (non-hydrogen) atoms. The third-order valence-corrected chi connectivity index (χ3v) is 3.41. The maximum atomic E-state index is 11.8. The molecule has 1 aliphatic rings. The zero-order chi connectivity index (χ0) is 14.3.